The van der Waals surface area contributed by atoms with E-state index in [-0.39, 0.29) is 17.7 Å². The third kappa shape index (κ3) is 2.63. The van der Waals surface area contributed by atoms with Crippen LogP contribution in [0.1, 0.15) is 29.6 Å². The third-order valence-corrected chi connectivity index (χ3v) is 2.58. The second-order valence-electron chi connectivity index (χ2n) is 3.77. The minimum Gasteiger partial charge on any atom is -0.378 e. The van der Waals surface area contributed by atoms with E-state index in [2.05, 4.69) is 0 Å². The topological polar surface area (TPSA) is 26.3 Å². The Morgan fingerprint density at radius 1 is 1.53 bits per heavy atom. The number of Topliss-reactive ketones (excluding diaryl/α,β-unsaturated/α-hetero) is 1. The molecule has 1 heterocycles. The molecule has 0 amide bonds. The van der Waals surface area contributed by atoms with E-state index < -0.39 is 0 Å². The van der Waals surface area contributed by atoms with Gasteiger partial charge >= 0.3 is 0 Å². The fourth-order valence-electron chi connectivity index (χ4n) is 1.79. The fourth-order valence-corrected chi connectivity index (χ4v) is 1.79. The van der Waals surface area contributed by atoms with Crippen molar-refractivity contribution in [3.63, 3.8) is 0 Å². The van der Waals surface area contributed by atoms with Crippen LogP contribution in [0.25, 0.3) is 0 Å². The summed E-state index contributed by atoms with van der Waals surface area (Å²) in [7, 11) is 0. The van der Waals surface area contributed by atoms with Gasteiger partial charge in [-0.1, -0.05) is 12.1 Å². The van der Waals surface area contributed by atoms with Crippen LogP contribution in [0.4, 0.5) is 4.39 Å². The van der Waals surface area contributed by atoms with E-state index >= 15 is 0 Å². The van der Waals surface area contributed by atoms with Crippen LogP contribution in [0.15, 0.2) is 24.3 Å². The van der Waals surface area contributed by atoms with Gasteiger partial charge in [0.1, 0.15) is 5.82 Å². The van der Waals surface area contributed by atoms with Gasteiger partial charge in [-0.15, -0.1) is 0 Å². The Hall–Kier alpha value is -1.22. The average Bonchev–Trinajstić information content (AvgIpc) is 2.70. The summed E-state index contributed by atoms with van der Waals surface area (Å²) >= 11 is 0. The monoisotopic (exact) mass is 208 g/mol. The first-order chi connectivity index (χ1) is 7.25. The number of rotatable bonds is 3. The van der Waals surface area contributed by atoms with E-state index in [1.54, 1.807) is 12.1 Å². The zero-order chi connectivity index (χ0) is 10.7. The van der Waals surface area contributed by atoms with E-state index in [0.717, 1.165) is 19.4 Å². The summed E-state index contributed by atoms with van der Waals surface area (Å²) in [5, 5.41) is 0. The molecule has 1 saturated heterocycles. The molecule has 2 rings (SSSR count). The number of hydrogen-bond acceptors (Lipinski definition) is 2. The first-order valence-corrected chi connectivity index (χ1v) is 5.16. The molecule has 1 atom stereocenters. The van der Waals surface area contributed by atoms with E-state index in [0.29, 0.717) is 12.0 Å². The quantitative estimate of drug-likeness (QED) is 0.713. The maximum Gasteiger partial charge on any atom is 0.165 e. The first kappa shape index (κ1) is 10.3. The molecule has 80 valence electrons. The number of halogens is 1. The third-order valence-electron chi connectivity index (χ3n) is 2.58. The van der Waals surface area contributed by atoms with Crippen molar-refractivity contribution < 1.29 is 13.9 Å². The number of benzene rings is 1. The molecule has 1 unspecified atom stereocenters. The van der Waals surface area contributed by atoms with E-state index in [9.17, 15) is 9.18 Å². The first-order valence-electron chi connectivity index (χ1n) is 5.16. The standard InChI is InChI=1S/C12H13FO2/c13-10-4-1-3-9(7-10)12(14)8-11-5-2-6-15-11/h1,3-4,7,11H,2,5-6,8H2. The highest BCUT2D eigenvalue weighted by Gasteiger charge is 2.19. The van der Waals surface area contributed by atoms with Gasteiger partial charge in [0, 0.05) is 18.6 Å². The summed E-state index contributed by atoms with van der Waals surface area (Å²) in [6.45, 7) is 0.737. The van der Waals surface area contributed by atoms with Gasteiger partial charge in [-0.3, -0.25) is 4.79 Å². The summed E-state index contributed by atoms with van der Waals surface area (Å²) < 4.78 is 18.2. The Balaban J connectivity index is 2.01. The minimum absolute atomic E-state index is 0.0285. The molecule has 0 bridgehead atoms. The molecule has 0 saturated carbocycles. The van der Waals surface area contributed by atoms with Gasteiger partial charge in [0.25, 0.3) is 0 Å². The second kappa shape index (κ2) is 4.53. The SMILES string of the molecule is O=C(CC1CCCO1)c1cccc(F)c1. The highest BCUT2D eigenvalue weighted by Crippen LogP contribution is 2.18. The number of hydrogen-bond donors (Lipinski definition) is 0. The predicted molar refractivity (Wildman–Crippen MR) is 54.3 cm³/mol. The lowest BCUT2D eigenvalue weighted by atomic mass is 10.0. The molecule has 0 radical (unpaired) electrons. The zero-order valence-electron chi connectivity index (χ0n) is 8.41. The second-order valence-corrected chi connectivity index (χ2v) is 3.77. The Kier molecular flexibility index (Phi) is 3.11. The van der Waals surface area contributed by atoms with Crippen LogP contribution in [-0.2, 0) is 4.74 Å². The van der Waals surface area contributed by atoms with Gasteiger partial charge in [-0.05, 0) is 25.0 Å². The van der Waals surface area contributed by atoms with Gasteiger partial charge < -0.3 is 4.74 Å². The van der Waals surface area contributed by atoms with Crippen molar-refractivity contribution in [1.29, 1.82) is 0 Å². The van der Waals surface area contributed by atoms with Crippen molar-refractivity contribution in [3.05, 3.63) is 35.6 Å². The lowest BCUT2D eigenvalue weighted by Crippen LogP contribution is -2.12. The molecule has 1 fully saturated rings. The molecule has 1 aliphatic rings. The largest absolute Gasteiger partial charge is 0.378 e. The minimum atomic E-state index is -0.367. The normalized spacial score (nSPS) is 20.5. The predicted octanol–water partition coefficient (Wildman–Crippen LogP) is 2.58. The van der Waals surface area contributed by atoms with Crippen LogP contribution in [0.5, 0.6) is 0 Å². The van der Waals surface area contributed by atoms with Crippen LogP contribution < -0.4 is 0 Å². The van der Waals surface area contributed by atoms with Gasteiger partial charge in [-0.25, -0.2) is 4.39 Å². The summed E-state index contributed by atoms with van der Waals surface area (Å²) in [6, 6.07) is 5.80. The van der Waals surface area contributed by atoms with Crippen molar-refractivity contribution in [3.8, 4) is 0 Å². The number of ether oxygens (including phenoxy) is 1. The Labute approximate surface area is 88.1 Å². The van der Waals surface area contributed by atoms with Crippen LogP contribution in [-0.4, -0.2) is 18.5 Å². The van der Waals surface area contributed by atoms with E-state index in [1.807, 2.05) is 0 Å². The lowest BCUT2D eigenvalue weighted by molar-refractivity contribution is 0.0775. The van der Waals surface area contributed by atoms with Crippen LogP contribution >= 0.6 is 0 Å². The molecule has 2 nitrogen and oxygen atoms in total. The number of carbonyl (C=O) groups excluding carboxylic acids is 1. The zero-order valence-corrected chi connectivity index (χ0v) is 8.41. The van der Waals surface area contributed by atoms with Crippen LogP contribution in [0, 0.1) is 5.82 Å². The van der Waals surface area contributed by atoms with Crippen LogP contribution in [0.3, 0.4) is 0 Å². The van der Waals surface area contributed by atoms with Gasteiger partial charge in [0.05, 0.1) is 6.10 Å². The van der Waals surface area contributed by atoms with Crippen LogP contribution in [0.2, 0.25) is 0 Å². The smallest absolute Gasteiger partial charge is 0.165 e. The maximum absolute atomic E-state index is 12.9. The molecule has 1 aliphatic heterocycles. The molecule has 1 aromatic rings. The van der Waals surface area contributed by atoms with Crippen molar-refractivity contribution >= 4 is 5.78 Å². The van der Waals surface area contributed by atoms with E-state index in [1.165, 1.54) is 12.1 Å². The Bertz CT molecular complexity index is 356. The van der Waals surface area contributed by atoms with Crippen molar-refractivity contribution in [2.45, 2.75) is 25.4 Å². The van der Waals surface area contributed by atoms with Crippen molar-refractivity contribution in [2.24, 2.45) is 0 Å². The fraction of sp³-hybridized carbons (Fsp3) is 0.417. The van der Waals surface area contributed by atoms with E-state index in [4.69, 9.17) is 4.74 Å². The average molecular weight is 208 g/mol. The molecule has 15 heavy (non-hydrogen) atoms. The van der Waals surface area contributed by atoms with Crippen molar-refractivity contribution in [1.82, 2.24) is 0 Å². The van der Waals surface area contributed by atoms with Gasteiger partial charge in [0.15, 0.2) is 5.78 Å². The molecular weight excluding hydrogens is 195 g/mol. The molecule has 3 heteroatoms. The maximum atomic E-state index is 12.9. The molecule has 0 aromatic heterocycles. The molecule has 0 aliphatic carbocycles. The highest BCUT2D eigenvalue weighted by atomic mass is 19.1. The molecular formula is C12H13FO2. The van der Waals surface area contributed by atoms with Crippen molar-refractivity contribution in [2.75, 3.05) is 6.61 Å². The summed E-state index contributed by atoms with van der Waals surface area (Å²) in [5.74, 6) is -0.408. The highest BCUT2D eigenvalue weighted by molar-refractivity contribution is 5.96. The number of carbonyl (C=O) groups is 1. The Morgan fingerprint density at radius 3 is 3.07 bits per heavy atom. The number of ketones is 1. The Morgan fingerprint density at radius 2 is 2.40 bits per heavy atom. The molecule has 1 aromatic carbocycles. The summed E-state index contributed by atoms with van der Waals surface area (Å²) in [5.41, 5.74) is 0.436. The summed E-state index contributed by atoms with van der Waals surface area (Å²) in [6.07, 6.45) is 2.34. The van der Waals surface area contributed by atoms with Gasteiger partial charge in [-0.2, -0.15) is 0 Å². The van der Waals surface area contributed by atoms with Gasteiger partial charge in [0.2, 0.25) is 0 Å². The molecule has 0 N–H and O–H groups in total. The summed E-state index contributed by atoms with van der Waals surface area (Å²) in [4.78, 5) is 11.7. The molecule has 0 spiro atoms. The lowest BCUT2D eigenvalue weighted by Gasteiger charge is -2.07.